The largest absolute Gasteiger partial charge is 0.330 e. The van der Waals surface area contributed by atoms with Crippen LogP contribution in [0.3, 0.4) is 0 Å². The molecule has 0 saturated carbocycles. The van der Waals surface area contributed by atoms with Crippen molar-refractivity contribution in [3.05, 3.63) is 144 Å². The van der Waals surface area contributed by atoms with Crippen molar-refractivity contribution in [1.29, 1.82) is 0 Å². The minimum absolute atomic E-state index is 0.329. The lowest BCUT2D eigenvalue weighted by Crippen LogP contribution is -2.23. The molecule has 4 aromatic carbocycles. The molecule has 0 aliphatic rings. The van der Waals surface area contributed by atoms with Crippen LogP contribution < -0.4 is 5.73 Å². The molecule has 0 bridgehead atoms. The van der Waals surface area contributed by atoms with E-state index in [1.165, 1.54) is 60.8 Å². The molecule has 2 N–H and O–H groups in total. The van der Waals surface area contributed by atoms with Crippen molar-refractivity contribution in [2.75, 3.05) is 6.54 Å². The summed E-state index contributed by atoms with van der Waals surface area (Å²) in [5.74, 6) is 1.11. The number of hydrogen-bond donors (Lipinski definition) is 1. The van der Waals surface area contributed by atoms with Crippen molar-refractivity contribution < 1.29 is 0 Å². The third-order valence-electron chi connectivity index (χ3n) is 7.48. The Bertz CT molecular complexity index is 930. The highest BCUT2D eigenvalue weighted by molar-refractivity contribution is 5.39. The minimum atomic E-state index is 0.329. The van der Waals surface area contributed by atoms with Gasteiger partial charge in [0, 0.05) is 11.8 Å². The zero-order valence-corrected chi connectivity index (χ0v) is 21.5. The SMILES string of the molecule is NCCCCCCCCC(C(c1ccccc1)c1ccccc1)C(c1ccccc1)c1ccccc1. The zero-order valence-electron chi connectivity index (χ0n) is 21.5. The van der Waals surface area contributed by atoms with Crippen LogP contribution in [0.15, 0.2) is 121 Å². The fourth-order valence-corrected chi connectivity index (χ4v) is 5.77. The Kier molecular flexibility index (Phi) is 10.4. The Morgan fingerprint density at radius 3 is 1.03 bits per heavy atom. The van der Waals surface area contributed by atoms with Crippen LogP contribution in [0.5, 0.6) is 0 Å². The van der Waals surface area contributed by atoms with E-state index in [4.69, 9.17) is 5.73 Å². The molecule has 4 rings (SSSR count). The van der Waals surface area contributed by atoms with Crippen molar-refractivity contribution >= 4 is 0 Å². The van der Waals surface area contributed by atoms with E-state index in [9.17, 15) is 0 Å². The Balaban J connectivity index is 1.73. The van der Waals surface area contributed by atoms with Crippen LogP contribution in [0.4, 0.5) is 0 Å². The van der Waals surface area contributed by atoms with Gasteiger partial charge in [0.1, 0.15) is 0 Å². The predicted molar refractivity (Wildman–Crippen MR) is 154 cm³/mol. The molecule has 0 spiro atoms. The van der Waals surface area contributed by atoms with E-state index < -0.39 is 0 Å². The Hall–Kier alpha value is -3.16. The van der Waals surface area contributed by atoms with E-state index in [1.807, 2.05) is 0 Å². The van der Waals surface area contributed by atoms with Gasteiger partial charge in [-0.05, 0) is 47.6 Å². The summed E-state index contributed by atoms with van der Waals surface area (Å²) in [5.41, 5.74) is 11.3. The van der Waals surface area contributed by atoms with Gasteiger partial charge in [-0.1, -0.05) is 153 Å². The van der Waals surface area contributed by atoms with Gasteiger partial charge in [0.05, 0.1) is 0 Å². The van der Waals surface area contributed by atoms with Crippen LogP contribution in [-0.4, -0.2) is 6.54 Å². The molecule has 0 radical (unpaired) electrons. The molecule has 0 amide bonds. The van der Waals surface area contributed by atoms with E-state index in [0.717, 1.165) is 13.0 Å². The molecule has 1 heteroatoms. The third kappa shape index (κ3) is 7.18. The van der Waals surface area contributed by atoms with Crippen LogP contribution in [-0.2, 0) is 0 Å². The molecule has 0 aliphatic heterocycles. The standard InChI is InChI=1S/C35H41N/c36-28-18-4-2-1-3-17-27-33(34(29-19-9-5-10-20-29)30-21-11-6-12-22-30)35(31-23-13-7-14-24-31)32-25-15-8-16-26-32/h5-16,19-26,33-35H,1-4,17-18,27-28,36H2. The molecule has 0 unspecified atom stereocenters. The molecular formula is C35H41N. The number of rotatable bonds is 14. The van der Waals surface area contributed by atoms with Gasteiger partial charge in [-0.3, -0.25) is 0 Å². The molecular weight excluding hydrogens is 434 g/mol. The second kappa shape index (κ2) is 14.4. The van der Waals surface area contributed by atoms with E-state index in [2.05, 4.69) is 121 Å². The second-order valence-electron chi connectivity index (χ2n) is 9.96. The van der Waals surface area contributed by atoms with Crippen molar-refractivity contribution in [3.63, 3.8) is 0 Å². The lowest BCUT2D eigenvalue weighted by molar-refractivity contribution is 0.370. The van der Waals surface area contributed by atoms with Gasteiger partial charge < -0.3 is 5.73 Å². The van der Waals surface area contributed by atoms with Gasteiger partial charge in [-0.15, -0.1) is 0 Å². The predicted octanol–water partition coefficient (Wildman–Crippen LogP) is 8.96. The molecule has 36 heavy (non-hydrogen) atoms. The summed E-state index contributed by atoms with van der Waals surface area (Å²) in [6.45, 7) is 0.813. The maximum atomic E-state index is 5.70. The van der Waals surface area contributed by atoms with Crippen LogP contribution >= 0.6 is 0 Å². The Morgan fingerprint density at radius 2 is 0.694 bits per heavy atom. The third-order valence-corrected chi connectivity index (χ3v) is 7.48. The quantitative estimate of drug-likeness (QED) is 0.181. The summed E-state index contributed by atoms with van der Waals surface area (Å²) in [6.07, 6.45) is 8.73. The maximum Gasteiger partial charge on any atom is 0.0127 e. The molecule has 0 aliphatic carbocycles. The first-order valence-corrected chi connectivity index (χ1v) is 13.8. The van der Waals surface area contributed by atoms with Crippen molar-refractivity contribution in [3.8, 4) is 0 Å². The maximum absolute atomic E-state index is 5.70. The topological polar surface area (TPSA) is 26.0 Å². The Labute approximate surface area is 218 Å². The highest BCUT2D eigenvalue weighted by Gasteiger charge is 2.33. The summed E-state index contributed by atoms with van der Waals surface area (Å²) in [7, 11) is 0. The second-order valence-corrected chi connectivity index (χ2v) is 9.96. The number of hydrogen-bond acceptors (Lipinski definition) is 1. The lowest BCUT2D eigenvalue weighted by atomic mass is 9.68. The van der Waals surface area contributed by atoms with E-state index in [1.54, 1.807) is 0 Å². The number of nitrogens with two attached hydrogens (primary N) is 1. The molecule has 0 fully saturated rings. The fraction of sp³-hybridized carbons (Fsp3) is 0.314. The monoisotopic (exact) mass is 475 g/mol. The van der Waals surface area contributed by atoms with Gasteiger partial charge in [-0.25, -0.2) is 0 Å². The van der Waals surface area contributed by atoms with Gasteiger partial charge in [0.15, 0.2) is 0 Å². The van der Waals surface area contributed by atoms with Gasteiger partial charge in [-0.2, -0.15) is 0 Å². The highest BCUT2D eigenvalue weighted by Crippen LogP contribution is 2.46. The normalized spacial score (nSPS) is 11.4. The molecule has 1 nitrogen and oxygen atoms in total. The first kappa shape index (κ1) is 25.9. The van der Waals surface area contributed by atoms with Crippen LogP contribution in [0.2, 0.25) is 0 Å². The van der Waals surface area contributed by atoms with Crippen LogP contribution in [0.1, 0.15) is 79.0 Å². The zero-order chi connectivity index (χ0) is 24.8. The average molecular weight is 476 g/mol. The van der Waals surface area contributed by atoms with E-state index in [-0.39, 0.29) is 0 Å². The van der Waals surface area contributed by atoms with Gasteiger partial charge in [0.25, 0.3) is 0 Å². The van der Waals surface area contributed by atoms with Crippen molar-refractivity contribution in [2.24, 2.45) is 11.7 Å². The first-order valence-electron chi connectivity index (χ1n) is 13.8. The highest BCUT2D eigenvalue weighted by atomic mass is 14.5. The summed E-state index contributed by atoms with van der Waals surface area (Å²) in [4.78, 5) is 0. The molecule has 0 atom stereocenters. The number of benzene rings is 4. The molecule has 0 aromatic heterocycles. The summed E-state index contributed by atoms with van der Waals surface area (Å²) >= 11 is 0. The number of unbranched alkanes of at least 4 members (excludes halogenated alkanes) is 5. The van der Waals surface area contributed by atoms with Crippen LogP contribution in [0, 0.1) is 5.92 Å². The Morgan fingerprint density at radius 1 is 0.389 bits per heavy atom. The first-order chi connectivity index (χ1) is 17.9. The van der Waals surface area contributed by atoms with E-state index in [0.29, 0.717) is 17.8 Å². The van der Waals surface area contributed by atoms with Gasteiger partial charge >= 0.3 is 0 Å². The summed E-state index contributed by atoms with van der Waals surface area (Å²) in [5, 5.41) is 0. The van der Waals surface area contributed by atoms with Crippen molar-refractivity contribution in [1.82, 2.24) is 0 Å². The van der Waals surface area contributed by atoms with Crippen molar-refractivity contribution in [2.45, 2.75) is 56.8 Å². The minimum Gasteiger partial charge on any atom is -0.330 e. The average Bonchev–Trinajstić information content (AvgIpc) is 2.95. The van der Waals surface area contributed by atoms with E-state index >= 15 is 0 Å². The molecule has 4 aromatic rings. The smallest absolute Gasteiger partial charge is 0.0127 e. The molecule has 186 valence electrons. The summed E-state index contributed by atoms with van der Waals surface area (Å²) in [6, 6.07) is 44.7. The van der Waals surface area contributed by atoms with Gasteiger partial charge in [0.2, 0.25) is 0 Å². The summed E-state index contributed by atoms with van der Waals surface area (Å²) < 4.78 is 0. The lowest BCUT2D eigenvalue weighted by Gasteiger charge is -2.36. The molecule has 0 heterocycles. The molecule has 0 saturated heterocycles. The van der Waals surface area contributed by atoms with Crippen LogP contribution in [0.25, 0.3) is 0 Å². The fourth-order valence-electron chi connectivity index (χ4n) is 5.77.